The zero-order chi connectivity index (χ0) is 25.2. The molecular weight excluding hydrogens is 453 g/mol. The van der Waals surface area contributed by atoms with E-state index in [0.717, 1.165) is 12.1 Å². The van der Waals surface area contributed by atoms with E-state index in [4.69, 9.17) is 4.74 Å². The Morgan fingerprint density at radius 2 is 1.68 bits per heavy atom. The molecule has 0 unspecified atom stereocenters. The van der Waals surface area contributed by atoms with Gasteiger partial charge in [0.15, 0.2) is 0 Å². The van der Waals surface area contributed by atoms with Crippen molar-refractivity contribution in [2.45, 2.75) is 33.9 Å². The molecule has 0 spiro atoms. The second-order valence-corrected chi connectivity index (χ2v) is 8.58. The van der Waals surface area contributed by atoms with E-state index in [1.165, 1.54) is 40.5 Å². The van der Waals surface area contributed by atoms with Gasteiger partial charge in [-0.2, -0.15) is 18.3 Å². The molecule has 11 heteroatoms. The van der Waals surface area contributed by atoms with Gasteiger partial charge in [-0.15, -0.1) is 0 Å². The molecule has 1 aromatic carbocycles. The van der Waals surface area contributed by atoms with Gasteiger partial charge in [-0.05, 0) is 38.0 Å². The highest BCUT2D eigenvalue weighted by atomic mass is 19.4. The van der Waals surface area contributed by atoms with Crippen molar-refractivity contribution >= 4 is 17.8 Å². The molecule has 0 bridgehead atoms. The minimum absolute atomic E-state index is 0.0567. The molecule has 2 aromatic rings. The molecule has 3 rings (SSSR count). The number of rotatable bonds is 5. The Hall–Kier alpha value is -3.37. The quantitative estimate of drug-likeness (QED) is 0.482. The number of aryl methyl sites for hydroxylation is 1. The van der Waals surface area contributed by atoms with Crippen molar-refractivity contribution in [3.8, 4) is 5.69 Å². The minimum atomic E-state index is -4.52. The maximum absolute atomic E-state index is 13.1. The minimum Gasteiger partial charge on any atom is -0.449 e. The lowest BCUT2D eigenvalue weighted by atomic mass is 10.1. The number of alkyl halides is 3. The average Bonchev–Trinajstić information content (AvgIpc) is 3.09. The second kappa shape index (κ2) is 9.86. The normalized spacial score (nSPS) is 14.5. The number of hydrogen-bond donors (Lipinski definition) is 0. The first kappa shape index (κ1) is 25.3. The number of amides is 2. The van der Waals surface area contributed by atoms with Gasteiger partial charge in [0.05, 0.1) is 34.8 Å². The van der Waals surface area contributed by atoms with E-state index in [1.807, 2.05) is 13.8 Å². The highest BCUT2D eigenvalue weighted by molar-refractivity contribution is 6.43. The van der Waals surface area contributed by atoms with Crippen LogP contribution in [0.15, 0.2) is 24.3 Å². The summed E-state index contributed by atoms with van der Waals surface area (Å²) in [6.07, 6.45) is -4.98. The fraction of sp³-hybridized carbons (Fsp3) is 0.478. The maximum Gasteiger partial charge on any atom is 0.416 e. The lowest BCUT2D eigenvalue weighted by Gasteiger charge is -2.33. The number of carbonyl (C=O) groups is 3. The van der Waals surface area contributed by atoms with E-state index in [0.29, 0.717) is 6.61 Å². The summed E-state index contributed by atoms with van der Waals surface area (Å²) in [4.78, 5) is 40.8. The van der Waals surface area contributed by atoms with Crippen molar-refractivity contribution < 1.29 is 32.3 Å². The monoisotopic (exact) mass is 480 g/mol. The number of benzene rings is 1. The Balaban J connectivity index is 1.73. The van der Waals surface area contributed by atoms with Gasteiger partial charge < -0.3 is 14.5 Å². The number of halogens is 3. The Labute approximate surface area is 195 Å². The second-order valence-electron chi connectivity index (χ2n) is 8.58. The molecule has 2 heterocycles. The predicted molar refractivity (Wildman–Crippen MR) is 117 cm³/mol. The van der Waals surface area contributed by atoms with Gasteiger partial charge in [-0.3, -0.25) is 9.59 Å². The standard InChI is InChI=1S/C23H27F3N4O4/c1-14(2)13-34-22(33)29-10-8-28(9-11-29)21(32)20(31)19-15(3)27-30(16(19)4)18-7-5-6-17(12-18)23(24,25)26/h5-7,12,14H,8-11,13H2,1-4H3. The largest absolute Gasteiger partial charge is 0.449 e. The zero-order valence-electron chi connectivity index (χ0n) is 19.5. The summed E-state index contributed by atoms with van der Waals surface area (Å²) >= 11 is 0. The molecule has 1 saturated heterocycles. The van der Waals surface area contributed by atoms with E-state index < -0.39 is 29.5 Å². The number of piperazine rings is 1. The van der Waals surface area contributed by atoms with Gasteiger partial charge in [0, 0.05) is 26.2 Å². The highest BCUT2D eigenvalue weighted by Crippen LogP contribution is 2.31. The topological polar surface area (TPSA) is 84.7 Å². The molecular formula is C23H27F3N4O4. The number of ketones is 1. The van der Waals surface area contributed by atoms with Gasteiger partial charge in [-0.25, -0.2) is 9.48 Å². The van der Waals surface area contributed by atoms with Gasteiger partial charge in [-0.1, -0.05) is 19.9 Å². The van der Waals surface area contributed by atoms with Crippen LogP contribution >= 0.6 is 0 Å². The van der Waals surface area contributed by atoms with Crippen molar-refractivity contribution in [3.05, 3.63) is 46.8 Å². The summed E-state index contributed by atoms with van der Waals surface area (Å²) < 4.78 is 45.7. The lowest BCUT2D eigenvalue weighted by Crippen LogP contribution is -2.52. The number of aromatic nitrogens is 2. The SMILES string of the molecule is Cc1nn(-c2cccc(C(F)(F)F)c2)c(C)c1C(=O)C(=O)N1CCN(C(=O)OCC(C)C)CC1. The van der Waals surface area contributed by atoms with Gasteiger partial charge in [0.2, 0.25) is 0 Å². The fourth-order valence-corrected chi connectivity index (χ4v) is 3.71. The van der Waals surface area contributed by atoms with Gasteiger partial charge in [0.25, 0.3) is 11.7 Å². The number of nitrogens with zero attached hydrogens (tertiary/aromatic N) is 4. The molecule has 8 nitrogen and oxygen atoms in total. The van der Waals surface area contributed by atoms with E-state index in [9.17, 15) is 27.6 Å². The number of Topliss-reactive ketones (excluding diaryl/α,β-unsaturated/α-hetero) is 1. The van der Waals surface area contributed by atoms with Gasteiger partial charge in [0.1, 0.15) is 0 Å². The molecule has 1 aliphatic rings. The van der Waals surface area contributed by atoms with Crippen LogP contribution in [0.1, 0.15) is 41.2 Å². The van der Waals surface area contributed by atoms with Crippen LogP contribution in [-0.2, 0) is 15.7 Å². The summed E-state index contributed by atoms with van der Waals surface area (Å²) in [7, 11) is 0. The molecule has 1 aliphatic heterocycles. The summed E-state index contributed by atoms with van der Waals surface area (Å²) in [5.41, 5.74) is -0.141. The third-order valence-electron chi connectivity index (χ3n) is 5.50. The highest BCUT2D eigenvalue weighted by Gasteiger charge is 2.33. The first-order chi connectivity index (χ1) is 15.9. The summed E-state index contributed by atoms with van der Waals surface area (Å²) in [6.45, 7) is 8.01. The summed E-state index contributed by atoms with van der Waals surface area (Å²) in [5, 5.41) is 4.21. The molecule has 184 valence electrons. The average molecular weight is 480 g/mol. The van der Waals surface area contributed by atoms with Crippen LogP contribution in [0.2, 0.25) is 0 Å². The molecule has 0 atom stereocenters. The third-order valence-corrected chi connectivity index (χ3v) is 5.50. The molecule has 0 saturated carbocycles. The number of hydrogen-bond acceptors (Lipinski definition) is 5. The Morgan fingerprint density at radius 3 is 2.26 bits per heavy atom. The molecule has 2 amide bonds. The van der Waals surface area contributed by atoms with E-state index in [1.54, 1.807) is 0 Å². The van der Waals surface area contributed by atoms with Crippen LogP contribution < -0.4 is 0 Å². The molecule has 1 fully saturated rings. The molecule has 1 aromatic heterocycles. The van der Waals surface area contributed by atoms with Crippen LogP contribution in [0.5, 0.6) is 0 Å². The van der Waals surface area contributed by atoms with Crippen LogP contribution in [-0.4, -0.2) is 70.1 Å². The van der Waals surface area contributed by atoms with Crippen LogP contribution in [0.4, 0.5) is 18.0 Å². The van der Waals surface area contributed by atoms with Crippen molar-refractivity contribution in [1.29, 1.82) is 0 Å². The van der Waals surface area contributed by atoms with Crippen molar-refractivity contribution in [2.75, 3.05) is 32.8 Å². The first-order valence-corrected chi connectivity index (χ1v) is 10.9. The van der Waals surface area contributed by atoms with Crippen molar-refractivity contribution in [1.82, 2.24) is 19.6 Å². The molecule has 0 radical (unpaired) electrons. The zero-order valence-corrected chi connectivity index (χ0v) is 19.5. The maximum atomic E-state index is 13.1. The summed E-state index contributed by atoms with van der Waals surface area (Å²) in [5.74, 6) is -1.33. The van der Waals surface area contributed by atoms with E-state index >= 15 is 0 Å². The Kier molecular flexibility index (Phi) is 7.32. The fourth-order valence-electron chi connectivity index (χ4n) is 3.71. The summed E-state index contributed by atoms with van der Waals surface area (Å²) in [6, 6.07) is 4.59. The van der Waals surface area contributed by atoms with Crippen molar-refractivity contribution in [2.24, 2.45) is 5.92 Å². The molecule has 0 aliphatic carbocycles. The molecule has 34 heavy (non-hydrogen) atoms. The van der Waals surface area contributed by atoms with E-state index in [2.05, 4.69) is 5.10 Å². The van der Waals surface area contributed by atoms with Gasteiger partial charge >= 0.3 is 12.3 Å². The predicted octanol–water partition coefficient (Wildman–Crippen LogP) is 3.63. The first-order valence-electron chi connectivity index (χ1n) is 10.9. The molecule has 0 N–H and O–H groups in total. The Morgan fingerprint density at radius 1 is 1.06 bits per heavy atom. The van der Waals surface area contributed by atoms with Crippen molar-refractivity contribution in [3.63, 3.8) is 0 Å². The number of ether oxygens (including phenoxy) is 1. The van der Waals surface area contributed by atoms with Crippen LogP contribution in [0.25, 0.3) is 5.69 Å². The smallest absolute Gasteiger partial charge is 0.416 e. The third kappa shape index (κ3) is 5.40. The number of carbonyl (C=O) groups excluding carboxylic acids is 3. The van der Waals surface area contributed by atoms with Crippen LogP contribution in [0, 0.1) is 19.8 Å². The Bertz CT molecular complexity index is 1090. The van der Waals surface area contributed by atoms with E-state index in [-0.39, 0.29) is 54.7 Å². The lowest BCUT2D eigenvalue weighted by molar-refractivity contribution is -0.137. The van der Waals surface area contributed by atoms with Crippen LogP contribution in [0.3, 0.4) is 0 Å².